The van der Waals surface area contributed by atoms with Crippen LogP contribution >= 0.6 is 11.8 Å². The number of hydrogen-bond acceptors (Lipinski definition) is 7. The monoisotopic (exact) mass is 302 g/mol. The zero-order valence-electron chi connectivity index (χ0n) is 11.9. The van der Waals surface area contributed by atoms with Crippen LogP contribution in [0.4, 0.5) is 0 Å². The number of ketones is 1. The molecule has 0 aliphatic carbocycles. The summed E-state index contributed by atoms with van der Waals surface area (Å²) in [4.78, 5) is 20.4. The maximum Gasteiger partial charge on any atom is 0.253 e. The van der Waals surface area contributed by atoms with Crippen LogP contribution in [0.5, 0.6) is 0 Å². The van der Waals surface area contributed by atoms with E-state index in [1.165, 1.54) is 6.92 Å². The van der Waals surface area contributed by atoms with Gasteiger partial charge in [0.1, 0.15) is 5.92 Å². The molecule has 8 heteroatoms. The molecule has 2 rings (SSSR count). The third kappa shape index (κ3) is 3.25. The number of nitriles is 1. The number of aryl methyl sites for hydroxylation is 2. The summed E-state index contributed by atoms with van der Waals surface area (Å²) in [6, 6.07) is 3.73. The Morgan fingerprint density at radius 3 is 2.86 bits per heavy atom. The molecule has 0 radical (unpaired) electrons. The molecular weight excluding hydrogens is 288 g/mol. The first-order valence-corrected chi connectivity index (χ1v) is 7.22. The van der Waals surface area contributed by atoms with E-state index in [-0.39, 0.29) is 17.2 Å². The third-order valence-corrected chi connectivity index (χ3v) is 3.69. The Morgan fingerprint density at radius 2 is 2.24 bits per heavy atom. The number of nitrogens with one attached hydrogen (secondary N) is 1. The zero-order valence-corrected chi connectivity index (χ0v) is 12.7. The van der Waals surface area contributed by atoms with Gasteiger partial charge in [-0.2, -0.15) is 10.2 Å². The highest BCUT2D eigenvalue weighted by atomic mass is 32.2. The lowest BCUT2D eigenvalue weighted by Gasteiger charge is -2.03. The molecule has 0 aliphatic rings. The van der Waals surface area contributed by atoms with Gasteiger partial charge in [-0.3, -0.25) is 4.79 Å². The standard InChI is InChI=1S/C13H14N6OS/c1-7-4-8(2)19-12(16-7)17-13(18-19)21-6-11(20)10(5-14)9(3)15/h4,10,15H,6H2,1-3H3/t10-/m0/s1. The quantitative estimate of drug-likeness (QED) is 0.663. The molecule has 2 heterocycles. The van der Waals surface area contributed by atoms with Crippen molar-refractivity contribution in [1.29, 1.82) is 10.7 Å². The van der Waals surface area contributed by atoms with Gasteiger partial charge in [-0.25, -0.2) is 9.50 Å². The van der Waals surface area contributed by atoms with E-state index in [0.29, 0.717) is 10.9 Å². The maximum absolute atomic E-state index is 11.9. The van der Waals surface area contributed by atoms with Crippen LogP contribution in [0.15, 0.2) is 11.2 Å². The van der Waals surface area contributed by atoms with Crippen LogP contribution in [0.25, 0.3) is 5.78 Å². The third-order valence-electron chi connectivity index (χ3n) is 2.83. The van der Waals surface area contributed by atoms with Gasteiger partial charge in [0.2, 0.25) is 5.16 Å². The second kappa shape index (κ2) is 6.01. The SMILES string of the molecule is CC(=N)[C@H](C#N)C(=O)CSc1nc2nc(C)cc(C)n2n1. The normalized spacial score (nSPS) is 12.1. The van der Waals surface area contributed by atoms with E-state index in [4.69, 9.17) is 10.7 Å². The summed E-state index contributed by atoms with van der Waals surface area (Å²) in [6.07, 6.45) is 0. The van der Waals surface area contributed by atoms with E-state index in [1.54, 1.807) is 4.52 Å². The fourth-order valence-electron chi connectivity index (χ4n) is 1.84. The second-order valence-electron chi connectivity index (χ2n) is 4.65. The lowest BCUT2D eigenvalue weighted by Crippen LogP contribution is -2.21. The van der Waals surface area contributed by atoms with E-state index in [1.807, 2.05) is 26.0 Å². The fraction of sp³-hybridized carbons (Fsp3) is 0.385. The van der Waals surface area contributed by atoms with Gasteiger partial charge in [-0.05, 0) is 26.8 Å². The van der Waals surface area contributed by atoms with Gasteiger partial charge in [0.15, 0.2) is 5.78 Å². The summed E-state index contributed by atoms with van der Waals surface area (Å²) in [5.74, 6) is -0.752. The smallest absolute Gasteiger partial charge is 0.253 e. The number of hydrogen-bond donors (Lipinski definition) is 1. The number of thioether (sulfide) groups is 1. The molecule has 0 amide bonds. The van der Waals surface area contributed by atoms with Gasteiger partial charge in [0.25, 0.3) is 5.78 Å². The molecule has 0 aromatic carbocycles. The predicted octanol–water partition coefficient (Wildman–Crippen LogP) is 1.58. The lowest BCUT2D eigenvalue weighted by atomic mass is 10.0. The summed E-state index contributed by atoms with van der Waals surface area (Å²) >= 11 is 1.15. The van der Waals surface area contributed by atoms with E-state index < -0.39 is 5.92 Å². The molecule has 0 saturated heterocycles. The molecule has 21 heavy (non-hydrogen) atoms. The van der Waals surface area contributed by atoms with E-state index in [0.717, 1.165) is 23.1 Å². The van der Waals surface area contributed by atoms with Crippen molar-refractivity contribution in [3.63, 3.8) is 0 Å². The molecule has 0 spiro atoms. The Labute approximate surface area is 125 Å². The first-order valence-electron chi connectivity index (χ1n) is 6.23. The van der Waals surface area contributed by atoms with E-state index in [2.05, 4.69) is 15.1 Å². The molecule has 0 unspecified atom stereocenters. The number of rotatable bonds is 5. The van der Waals surface area contributed by atoms with Crippen molar-refractivity contribution in [2.24, 2.45) is 5.92 Å². The molecule has 0 saturated carbocycles. The van der Waals surface area contributed by atoms with Gasteiger partial charge in [-0.1, -0.05) is 11.8 Å². The molecule has 108 valence electrons. The average molecular weight is 302 g/mol. The Bertz CT molecular complexity index is 760. The first kappa shape index (κ1) is 15.1. The molecule has 1 N–H and O–H groups in total. The van der Waals surface area contributed by atoms with Gasteiger partial charge >= 0.3 is 0 Å². The number of aromatic nitrogens is 4. The molecule has 0 aliphatic heterocycles. The largest absolute Gasteiger partial charge is 0.308 e. The van der Waals surface area contributed by atoms with Gasteiger partial charge in [0.05, 0.1) is 11.8 Å². The van der Waals surface area contributed by atoms with Crippen LogP contribution in [0, 0.1) is 36.5 Å². The Hall–Kier alpha value is -2.27. The molecule has 0 fully saturated rings. The highest BCUT2D eigenvalue weighted by Crippen LogP contribution is 2.17. The lowest BCUT2D eigenvalue weighted by molar-refractivity contribution is -0.117. The van der Waals surface area contributed by atoms with Crippen LogP contribution < -0.4 is 0 Å². The Morgan fingerprint density at radius 1 is 1.52 bits per heavy atom. The Kier molecular flexibility index (Phi) is 4.33. The van der Waals surface area contributed by atoms with Crippen molar-refractivity contribution in [1.82, 2.24) is 19.6 Å². The molecule has 7 nitrogen and oxygen atoms in total. The van der Waals surface area contributed by atoms with Gasteiger partial charge < -0.3 is 5.41 Å². The number of nitrogens with zero attached hydrogens (tertiary/aromatic N) is 5. The second-order valence-corrected chi connectivity index (χ2v) is 5.59. The molecule has 1 atom stereocenters. The van der Waals surface area contributed by atoms with Crippen LogP contribution in [-0.2, 0) is 4.79 Å². The van der Waals surface area contributed by atoms with Crippen molar-refractivity contribution in [3.05, 3.63) is 17.5 Å². The van der Waals surface area contributed by atoms with Crippen LogP contribution in [0.2, 0.25) is 0 Å². The minimum absolute atomic E-state index is 0.0548. The number of fused-ring (bicyclic) bond motifs is 1. The maximum atomic E-state index is 11.9. The zero-order chi connectivity index (χ0) is 15.6. The van der Waals surface area contributed by atoms with Gasteiger partial charge in [-0.15, -0.1) is 5.10 Å². The summed E-state index contributed by atoms with van der Waals surface area (Å²) in [5.41, 5.74) is 1.82. The fourth-order valence-corrected chi connectivity index (χ4v) is 2.56. The highest BCUT2D eigenvalue weighted by molar-refractivity contribution is 7.99. The van der Waals surface area contributed by atoms with Crippen LogP contribution in [-0.4, -0.2) is 36.8 Å². The molecule has 0 bridgehead atoms. The molecule has 2 aromatic heterocycles. The van der Waals surface area contributed by atoms with Crippen molar-refractivity contribution in [3.8, 4) is 6.07 Å². The minimum Gasteiger partial charge on any atom is -0.308 e. The number of Topliss-reactive ketones (excluding diaryl/α,β-unsaturated/α-hetero) is 1. The van der Waals surface area contributed by atoms with Gasteiger partial charge in [0, 0.05) is 17.1 Å². The number of carbonyl (C=O) groups excluding carboxylic acids is 1. The topological polar surface area (TPSA) is 108 Å². The summed E-state index contributed by atoms with van der Waals surface area (Å²) in [6.45, 7) is 5.23. The minimum atomic E-state index is -0.989. The van der Waals surface area contributed by atoms with Crippen molar-refractivity contribution in [2.45, 2.75) is 25.9 Å². The van der Waals surface area contributed by atoms with E-state index in [9.17, 15) is 4.79 Å². The summed E-state index contributed by atoms with van der Waals surface area (Å²) in [7, 11) is 0. The van der Waals surface area contributed by atoms with E-state index >= 15 is 0 Å². The first-order chi connectivity index (χ1) is 9.92. The van der Waals surface area contributed by atoms with Crippen molar-refractivity contribution < 1.29 is 4.79 Å². The van der Waals surface area contributed by atoms with Crippen LogP contribution in [0.3, 0.4) is 0 Å². The average Bonchev–Trinajstić information content (AvgIpc) is 2.80. The highest BCUT2D eigenvalue weighted by Gasteiger charge is 2.21. The molecular formula is C13H14N6OS. The molecule has 2 aromatic rings. The van der Waals surface area contributed by atoms with Crippen molar-refractivity contribution in [2.75, 3.05) is 5.75 Å². The summed E-state index contributed by atoms with van der Waals surface area (Å²) in [5, 5.41) is 21.0. The summed E-state index contributed by atoms with van der Waals surface area (Å²) < 4.78 is 1.61. The van der Waals surface area contributed by atoms with Crippen LogP contribution in [0.1, 0.15) is 18.3 Å². The predicted molar refractivity (Wildman–Crippen MR) is 78.5 cm³/mol. The van der Waals surface area contributed by atoms with Crippen molar-refractivity contribution >= 4 is 29.0 Å². The Balaban J connectivity index is 2.14. The number of carbonyl (C=O) groups is 1.